The van der Waals surface area contributed by atoms with Gasteiger partial charge in [0.1, 0.15) is 28.4 Å². The number of ketones is 1. The highest BCUT2D eigenvalue weighted by atomic mass is 16.5. The molecule has 1 aliphatic heterocycles. The fraction of sp³-hybridized carbons (Fsp3) is 0.350. The lowest BCUT2D eigenvalue weighted by atomic mass is 9.92. The third-order valence-corrected chi connectivity index (χ3v) is 4.11. The molecule has 142 valence electrons. The van der Waals surface area contributed by atoms with Gasteiger partial charge in [-0.25, -0.2) is 0 Å². The third-order valence-electron chi connectivity index (χ3n) is 4.11. The van der Waals surface area contributed by atoms with Crippen LogP contribution in [0.2, 0.25) is 0 Å². The summed E-state index contributed by atoms with van der Waals surface area (Å²) in [4.78, 5) is 28.3. The topological polar surface area (TPSA) is 97.8 Å². The number of nitrogens with zero attached hydrogens (tertiary/aromatic N) is 1. The first-order valence-electron chi connectivity index (χ1n) is 8.73. The normalized spacial score (nSPS) is 14.8. The van der Waals surface area contributed by atoms with Crippen LogP contribution in [0.15, 0.2) is 36.5 Å². The number of carbonyl (C=O) groups is 2. The molecule has 1 amide bonds. The van der Waals surface area contributed by atoms with Crippen molar-refractivity contribution in [2.24, 2.45) is 0 Å². The molecule has 2 aromatic rings. The van der Waals surface area contributed by atoms with Gasteiger partial charge in [0.15, 0.2) is 12.4 Å². The van der Waals surface area contributed by atoms with Gasteiger partial charge >= 0.3 is 0 Å². The number of hydrogen-bond donors (Lipinski definition) is 2. The van der Waals surface area contributed by atoms with Crippen molar-refractivity contribution >= 4 is 11.7 Å². The number of Topliss-reactive ketones (excluding diaryl/α,β-unsaturated/α-hetero) is 1. The Bertz CT molecular complexity index is 849. The molecule has 7 nitrogen and oxygen atoms in total. The van der Waals surface area contributed by atoms with Crippen LogP contribution in [0.4, 0.5) is 0 Å². The molecule has 0 saturated heterocycles. The van der Waals surface area contributed by atoms with E-state index in [9.17, 15) is 14.7 Å². The monoisotopic (exact) mass is 370 g/mol. The molecule has 0 atom stereocenters. The number of amides is 1. The van der Waals surface area contributed by atoms with E-state index in [2.05, 4.69) is 10.3 Å². The summed E-state index contributed by atoms with van der Waals surface area (Å²) in [5.74, 6) is -0.157. The molecule has 1 aromatic carbocycles. The molecule has 1 aliphatic rings. The van der Waals surface area contributed by atoms with Gasteiger partial charge < -0.3 is 19.9 Å². The summed E-state index contributed by atoms with van der Waals surface area (Å²) >= 11 is 0. The molecule has 0 fully saturated rings. The fourth-order valence-electron chi connectivity index (χ4n) is 2.90. The van der Waals surface area contributed by atoms with Gasteiger partial charge in [-0.15, -0.1) is 0 Å². The summed E-state index contributed by atoms with van der Waals surface area (Å²) < 4.78 is 11.2. The number of phenols is 1. The average Bonchev–Trinajstić information content (AvgIpc) is 2.59. The van der Waals surface area contributed by atoms with E-state index in [0.29, 0.717) is 13.0 Å². The van der Waals surface area contributed by atoms with Gasteiger partial charge in [0.2, 0.25) is 0 Å². The van der Waals surface area contributed by atoms with Crippen LogP contribution in [0.25, 0.3) is 0 Å². The van der Waals surface area contributed by atoms with Crippen LogP contribution in [-0.4, -0.2) is 40.5 Å². The van der Waals surface area contributed by atoms with Gasteiger partial charge in [0.25, 0.3) is 5.91 Å². The molecule has 3 rings (SSSR count). The number of ether oxygens (including phenoxy) is 2. The Morgan fingerprint density at radius 2 is 2.19 bits per heavy atom. The second-order valence-electron chi connectivity index (χ2n) is 6.99. The summed E-state index contributed by atoms with van der Waals surface area (Å²) in [5.41, 5.74) is 0.391. The Hall–Kier alpha value is -3.09. The first kappa shape index (κ1) is 18.7. The van der Waals surface area contributed by atoms with Gasteiger partial charge in [0, 0.05) is 37.0 Å². The van der Waals surface area contributed by atoms with Crippen LogP contribution >= 0.6 is 0 Å². The van der Waals surface area contributed by atoms with Gasteiger partial charge in [-0.2, -0.15) is 0 Å². The van der Waals surface area contributed by atoms with Crippen LogP contribution < -0.4 is 14.8 Å². The number of aromatic hydroxyl groups is 1. The Morgan fingerprint density at radius 3 is 2.93 bits per heavy atom. The van der Waals surface area contributed by atoms with Crippen molar-refractivity contribution in [3.8, 4) is 17.2 Å². The number of aromatic nitrogens is 1. The second-order valence-corrected chi connectivity index (χ2v) is 6.99. The van der Waals surface area contributed by atoms with E-state index < -0.39 is 5.60 Å². The van der Waals surface area contributed by atoms with E-state index in [1.54, 1.807) is 20.0 Å². The van der Waals surface area contributed by atoms with Gasteiger partial charge in [-0.3, -0.25) is 14.6 Å². The number of pyridine rings is 1. The van der Waals surface area contributed by atoms with Gasteiger partial charge in [-0.05, 0) is 26.0 Å². The van der Waals surface area contributed by atoms with Crippen LogP contribution in [0.5, 0.6) is 17.2 Å². The molecular formula is C20H22N2O5. The number of nitrogens with one attached hydrogen (secondary N) is 1. The van der Waals surface area contributed by atoms with E-state index in [1.807, 2.05) is 18.2 Å². The highest BCUT2D eigenvalue weighted by Crippen LogP contribution is 2.40. The summed E-state index contributed by atoms with van der Waals surface area (Å²) in [7, 11) is 0. The van der Waals surface area contributed by atoms with Crippen molar-refractivity contribution in [2.45, 2.75) is 32.3 Å². The van der Waals surface area contributed by atoms with Gasteiger partial charge in [0.05, 0.1) is 6.42 Å². The molecule has 2 N–H and O–H groups in total. The van der Waals surface area contributed by atoms with Crippen LogP contribution in [0.1, 0.15) is 36.3 Å². The van der Waals surface area contributed by atoms with Crippen molar-refractivity contribution in [1.29, 1.82) is 0 Å². The Kier molecular flexibility index (Phi) is 5.30. The maximum absolute atomic E-state index is 12.2. The first-order valence-corrected chi connectivity index (χ1v) is 8.73. The molecule has 0 spiro atoms. The summed E-state index contributed by atoms with van der Waals surface area (Å²) in [6, 6.07) is 8.46. The average molecular weight is 370 g/mol. The smallest absolute Gasteiger partial charge is 0.257 e. The summed E-state index contributed by atoms with van der Waals surface area (Å²) in [5, 5.41) is 12.9. The van der Waals surface area contributed by atoms with Crippen molar-refractivity contribution in [3.63, 3.8) is 0 Å². The Balaban J connectivity index is 1.56. The Morgan fingerprint density at radius 1 is 1.37 bits per heavy atom. The number of hydrogen-bond acceptors (Lipinski definition) is 6. The minimum Gasteiger partial charge on any atom is -0.507 e. The predicted octanol–water partition coefficient (Wildman–Crippen LogP) is 2.27. The molecule has 0 saturated carbocycles. The SMILES string of the molecule is CC1(C)CC(=O)c2c(O)cc(OCC(=O)NCCc3ccccn3)cc2O1. The standard InChI is InChI=1S/C20H22N2O5/c1-20(2)11-16(24)19-15(23)9-14(10-17(19)27-20)26-12-18(25)22-8-6-13-5-3-4-7-21-13/h3-5,7,9-10,23H,6,8,11-12H2,1-2H3,(H,22,25). The van der Waals surface area contributed by atoms with Gasteiger partial charge in [-0.1, -0.05) is 6.07 Å². The predicted molar refractivity (Wildman–Crippen MR) is 98.2 cm³/mol. The van der Waals surface area contributed by atoms with Crippen molar-refractivity contribution < 1.29 is 24.2 Å². The van der Waals surface area contributed by atoms with E-state index in [1.165, 1.54) is 12.1 Å². The van der Waals surface area contributed by atoms with E-state index in [0.717, 1.165) is 5.69 Å². The molecule has 0 unspecified atom stereocenters. The molecular weight excluding hydrogens is 348 g/mol. The zero-order valence-corrected chi connectivity index (χ0v) is 15.3. The lowest BCUT2D eigenvalue weighted by molar-refractivity contribution is -0.123. The number of phenolic OH excluding ortho intramolecular Hbond substituents is 1. The molecule has 2 heterocycles. The van der Waals surface area contributed by atoms with Crippen LogP contribution in [-0.2, 0) is 11.2 Å². The number of rotatable bonds is 6. The molecule has 0 aliphatic carbocycles. The molecule has 0 bridgehead atoms. The third kappa shape index (κ3) is 4.75. The van der Waals surface area contributed by atoms with E-state index >= 15 is 0 Å². The minimum absolute atomic E-state index is 0.154. The number of fused-ring (bicyclic) bond motifs is 1. The zero-order chi connectivity index (χ0) is 19.4. The highest BCUT2D eigenvalue weighted by Gasteiger charge is 2.34. The Labute approximate surface area is 157 Å². The maximum atomic E-state index is 12.2. The fourth-order valence-corrected chi connectivity index (χ4v) is 2.90. The molecule has 1 aromatic heterocycles. The van der Waals surface area contributed by atoms with Crippen molar-refractivity contribution in [3.05, 3.63) is 47.8 Å². The largest absolute Gasteiger partial charge is 0.507 e. The van der Waals surface area contributed by atoms with Crippen molar-refractivity contribution in [2.75, 3.05) is 13.2 Å². The van der Waals surface area contributed by atoms with Crippen LogP contribution in [0.3, 0.4) is 0 Å². The summed E-state index contributed by atoms with van der Waals surface area (Å²) in [6.45, 7) is 3.83. The lowest BCUT2D eigenvalue weighted by Crippen LogP contribution is -2.36. The summed E-state index contributed by atoms with van der Waals surface area (Å²) in [6.07, 6.45) is 2.51. The van der Waals surface area contributed by atoms with Crippen molar-refractivity contribution in [1.82, 2.24) is 10.3 Å². The van der Waals surface area contributed by atoms with E-state index in [4.69, 9.17) is 9.47 Å². The minimum atomic E-state index is -0.655. The van der Waals surface area contributed by atoms with E-state index in [-0.39, 0.29) is 47.5 Å². The zero-order valence-electron chi connectivity index (χ0n) is 15.3. The highest BCUT2D eigenvalue weighted by molar-refractivity contribution is 6.03. The lowest BCUT2D eigenvalue weighted by Gasteiger charge is -2.32. The number of carbonyl (C=O) groups excluding carboxylic acids is 2. The molecule has 0 radical (unpaired) electrons. The molecule has 7 heteroatoms. The number of benzene rings is 1. The molecule has 27 heavy (non-hydrogen) atoms. The maximum Gasteiger partial charge on any atom is 0.257 e. The quantitative estimate of drug-likeness (QED) is 0.810. The second kappa shape index (κ2) is 7.65. The van der Waals surface area contributed by atoms with Crippen LogP contribution in [0, 0.1) is 0 Å². The first-order chi connectivity index (χ1) is 12.8.